The molecule has 1 aromatic carbocycles. The predicted octanol–water partition coefficient (Wildman–Crippen LogP) is 2.88. The molecule has 0 bridgehead atoms. The van der Waals surface area contributed by atoms with Crippen molar-refractivity contribution in [3.05, 3.63) is 54.0 Å². The van der Waals surface area contributed by atoms with Gasteiger partial charge >= 0.3 is 5.97 Å². The number of nitrogens with zero attached hydrogens (tertiary/aromatic N) is 2. The topological polar surface area (TPSA) is 96.2 Å². The molecule has 1 saturated heterocycles. The molecule has 0 aliphatic carbocycles. The molecule has 3 rings (SSSR count). The lowest BCUT2D eigenvalue weighted by atomic mass is 9.97. The van der Waals surface area contributed by atoms with E-state index in [-0.39, 0.29) is 23.6 Å². The minimum absolute atomic E-state index is 0.0336. The first-order valence-electron chi connectivity index (χ1n) is 10.2. The van der Waals surface area contributed by atoms with Gasteiger partial charge in [-0.25, -0.2) is 0 Å². The van der Waals surface area contributed by atoms with Crippen LogP contribution in [0.2, 0.25) is 0 Å². The smallest absolute Gasteiger partial charge is 0.309 e. The van der Waals surface area contributed by atoms with Crippen molar-refractivity contribution in [1.29, 1.82) is 0 Å². The molecule has 0 unspecified atom stereocenters. The fraction of sp³-hybridized carbons (Fsp3) is 0.409. The highest BCUT2D eigenvalue weighted by atomic mass is 16.5. The second kappa shape index (κ2) is 10.5. The Morgan fingerprint density at radius 3 is 2.70 bits per heavy atom. The number of nitrogens with one attached hydrogen (secondary N) is 2. The maximum atomic E-state index is 12.1. The normalized spacial score (nSPS) is 15.0. The molecule has 2 heterocycles. The van der Waals surface area contributed by atoms with E-state index in [1.165, 1.54) is 6.26 Å². The number of aliphatic imine (C=N–C) groups is 1. The van der Waals surface area contributed by atoms with Crippen molar-refractivity contribution in [3.8, 4) is 0 Å². The molecule has 2 aromatic rings. The minimum atomic E-state index is -0.287. The number of likely N-dealkylation sites (tertiary alicyclic amines) is 1. The maximum absolute atomic E-state index is 12.1. The summed E-state index contributed by atoms with van der Waals surface area (Å²) in [6.45, 7) is 4.32. The van der Waals surface area contributed by atoms with Gasteiger partial charge in [-0.3, -0.25) is 14.6 Å². The van der Waals surface area contributed by atoms with Crippen molar-refractivity contribution >= 4 is 23.5 Å². The van der Waals surface area contributed by atoms with E-state index in [4.69, 9.17) is 9.15 Å². The number of guanidine groups is 1. The average molecular weight is 412 g/mol. The highest BCUT2D eigenvalue weighted by molar-refractivity contribution is 6.02. The Labute approximate surface area is 176 Å². The van der Waals surface area contributed by atoms with Crippen molar-refractivity contribution in [2.45, 2.75) is 26.3 Å². The fourth-order valence-electron chi connectivity index (χ4n) is 3.46. The van der Waals surface area contributed by atoms with E-state index in [1.54, 1.807) is 19.2 Å². The zero-order valence-corrected chi connectivity index (χ0v) is 17.4. The van der Waals surface area contributed by atoms with Crippen LogP contribution in [0.4, 0.5) is 5.69 Å². The minimum Gasteiger partial charge on any atom is -0.466 e. The summed E-state index contributed by atoms with van der Waals surface area (Å²) in [4.78, 5) is 30.6. The molecule has 1 aliphatic heterocycles. The summed E-state index contributed by atoms with van der Waals surface area (Å²) < 4.78 is 10.3. The monoisotopic (exact) mass is 412 g/mol. The standard InChI is InChI=1S/C22H28N4O4/c1-3-29-21(28)17-9-11-26(12-10-17)22(23-2)24-15-16-6-4-7-18(14-16)25-20(27)19-8-5-13-30-19/h4-8,13-14,17H,3,9-12,15H2,1-2H3,(H,23,24)(H,25,27). The van der Waals surface area contributed by atoms with Crippen molar-refractivity contribution in [2.75, 3.05) is 32.1 Å². The molecule has 1 fully saturated rings. The Morgan fingerprint density at radius 2 is 2.03 bits per heavy atom. The molecule has 8 nitrogen and oxygen atoms in total. The van der Waals surface area contributed by atoms with Crippen molar-refractivity contribution in [2.24, 2.45) is 10.9 Å². The molecular weight excluding hydrogens is 384 g/mol. The lowest BCUT2D eigenvalue weighted by molar-refractivity contribution is -0.149. The van der Waals surface area contributed by atoms with Crippen LogP contribution >= 0.6 is 0 Å². The summed E-state index contributed by atoms with van der Waals surface area (Å²) in [5, 5.41) is 6.19. The second-order valence-electron chi connectivity index (χ2n) is 7.05. The maximum Gasteiger partial charge on any atom is 0.309 e. The molecule has 2 N–H and O–H groups in total. The largest absolute Gasteiger partial charge is 0.466 e. The summed E-state index contributed by atoms with van der Waals surface area (Å²) >= 11 is 0. The first kappa shape index (κ1) is 21.4. The van der Waals surface area contributed by atoms with Crippen molar-refractivity contribution in [1.82, 2.24) is 10.2 Å². The lowest BCUT2D eigenvalue weighted by Crippen LogP contribution is -2.46. The van der Waals surface area contributed by atoms with Crippen LogP contribution in [0.1, 0.15) is 35.9 Å². The number of ether oxygens (including phenoxy) is 1. The number of benzene rings is 1. The molecule has 0 radical (unpaired) electrons. The van der Waals surface area contributed by atoms with E-state index in [2.05, 4.69) is 20.5 Å². The van der Waals surface area contributed by atoms with E-state index in [0.29, 0.717) is 18.8 Å². The average Bonchev–Trinajstić information content (AvgIpc) is 3.30. The summed E-state index contributed by atoms with van der Waals surface area (Å²) in [5.74, 6) is 0.639. The summed E-state index contributed by atoms with van der Waals surface area (Å²) in [6.07, 6.45) is 2.98. The number of rotatable bonds is 6. The Bertz CT molecular complexity index is 871. The van der Waals surface area contributed by atoms with Gasteiger partial charge in [-0.05, 0) is 49.6 Å². The first-order chi connectivity index (χ1) is 14.6. The fourth-order valence-corrected chi connectivity index (χ4v) is 3.46. The van der Waals surface area contributed by atoms with Gasteiger partial charge in [-0.1, -0.05) is 12.1 Å². The van der Waals surface area contributed by atoms with Gasteiger partial charge < -0.3 is 24.7 Å². The van der Waals surface area contributed by atoms with E-state index < -0.39 is 0 Å². The number of hydrogen-bond acceptors (Lipinski definition) is 5. The van der Waals surface area contributed by atoms with E-state index in [1.807, 2.05) is 31.2 Å². The quantitative estimate of drug-likeness (QED) is 0.430. The van der Waals surface area contributed by atoms with Crippen LogP contribution in [-0.4, -0.2) is 49.5 Å². The van der Waals surface area contributed by atoms with Gasteiger partial charge in [0.15, 0.2) is 11.7 Å². The van der Waals surface area contributed by atoms with Crippen LogP contribution in [0.5, 0.6) is 0 Å². The third-order valence-electron chi connectivity index (χ3n) is 5.01. The van der Waals surface area contributed by atoms with Crippen LogP contribution in [-0.2, 0) is 16.1 Å². The van der Waals surface area contributed by atoms with Gasteiger partial charge in [0.25, 0.3) is 5.91 Å². The third-order valence-corrected chi connectivity index (χ3v) is 5.01. The zero-order chi connectivity index (χ0) is 21.3. The Hall–Kier alpha value is -3.29. The van der Waals surface area contributed by atoms with Gasteiger partial charge in [0, 0.05) is 32.4 Å². The number of carbonyl (C=O) groups excluding carboxylic acids is 2. The number of hydrogen-bond donors (Lipinski definition) is 2. The molecule has 8 heteroatoms. The molecule has 0 spiro atoms. The van der Waals surface area contributed by atoms with Gasteiger partial charge in [0.2, 0.25) is 0 Å². The van der Waals surface area contributed by atoms with E-state index in [9.17, 15) is 9.59 Å². The Kier molecular flexibility index (Phi) is 7.48. The molecule has 30 heavy (non-hydrogen) atoms. The van der Waals surface area contributed by atoms with Crippen molar-refractivity contribution < 1.29 is 18.7 Å². The van der Waals surface area contributed by atoms with Gasteiger partial charge in [-0.15, -0.1) is 0 Å². The molecular formula is C22H28N4O4. The van der Waals surface area contributed by atoms with Gasteiger partial charge in [0.05, 0.1) is 18.8 Å². The summed E-state index contributed by atoms with van der Waals surface area (Å²) in [7, 11) is 1.75. The molecule has 1 aromatic heterocycles. The van der Waals surface area contributed by atoms with Crippen LogP contribution in [0, 0.1) is 5.92 Å². The number of anilines is 1. The number of furan rings is 1. The van der Waals surface area contributed by atoms with Crippen molar-refractivity contribution in [3.63, 3.8) is 0 Å². The molecule has 0 atom stereocenters. The zero-order valence-electron chi connectivity index (χ0n) is 17.4. The first-order valence-corrected chi connectivity index (χ1v) is 10.2. The van der Waals surface area contributed by atoms with Crippen LogP contribution in [0.25, 0.3) is 0 Å². The van der Waals surface area contributed by atoms with E-state index in [0.717, 1.165) is 37.5 Å². The molecule has 160 valence electrons. The van der Waals surface area contributed by atoms with Gasteiger partial charge in [-0.2, -0.15) is 0 Å². The Balaban J connectivity index is 1.52. The number of piperidine rings is 1. The Morgan fingerprint density at radius 1 is 1.23 bits per heavy atom. The third kappa shape index (κ3) is 5.62. The highest BCUT2D eigenvalue weighted by Crippen LogP contribution is 2.19. The number of esters is 1. The number of amides is 1. The second-order valence-corrected chi connectivity index (χ2v) is 7.05. The van der Waals surface area contributed by atoms with E-state index >= 15 is 0 Å². The van der Waals surface area contributed by atoms with Crippen LogP contribution in [0.3, 0.4) is 0 Å². The SMILES string of the molecule is CCOC(=O)C1CCN(C(=NC)NCc2cccc(NC(=O)c3ccco3)c2)CC1. The van der Waals surface area contributed by atoms with Gasteiger partial charge in [0.1, 0.15) is 0 Å². The summed E-state index contributed by atoms with van der Waals surface area (Å²) in [5.41, 5.74) is 1.70. The lowest BCUT2D eigenvalue weighted by Gasteiger charge is -2.33. The molecule has 1 aliphatic rings. The van der Waals surface area contributed by atoms with Crippen LogP contribution < -0.4 is 10.6 Å². The molecule has 0 saturated carbocycles. The highest BCUT2D eigenvalue weighted by Gasteiger charge is 2.27. The molecule has 1 amide bonds. The summed E-state index contributed by atoms with van der Waals surface area (Å²) in [6, 6.07) is 10.9. The number of carbonyl (C=O) groups is 2. The predicted molar refractivity (Wildman–Crippen MR) is 114 cm³/mol. The van der Waals surface area contributed by atoms with Crippen LogP contribution in [0.15, 0.2) is 52.1 Å².